The lowest BCUT2D eigenvalue weighted by atomic mass is 10.3. The summed E-state index contributed by atoms with van der Waals surface area (Å²) in [5, 5.41) is 0. The molecule has 1 N–H and O–H groups in total. The molecule has 0 radical (unpaired) electrons. The summed E-state index contributed by atoms with van der Waals surface area (Å²) in [6.07, 6.45) is 1.48. The van der Waals surface area contributed by atoms with E-state index in [9.17, 15) is 9.36 Å². The molecule has 0 saturated carbocycles. The largest absolute Gasteiger partial charge is 0.529 e. The van der Waals surface area contributed by atoms with Gasteiger partial charge in [0.15, 0.2) is 0 Å². The van der Waals surface area contributed by atoms with E-state index in [-0.39, 0.29) is 12.2 Å². The lowest BCUT2D eigenvalue weighted by molar-refractivity contribution is -0.131. The summed E-state index contributed by atoms with van der Waals surface area (Å²) in [5.74, 6) is -0.846. The highest BCUT2D eigenvalue weighted by Gasteiger charge is 2.25. The van der Waals surface area contributed by atoms with Gasteiger partial charge in [-0.3, -0.25) is 9.42 Å². The van der Waals surface area contributed by atoms with Crippen LogP contribution in [0.2, 0.25) is 0 Å². The molecule has 0 aromatic rings. The summed E-state index contributed by atoms with van der Waals surface area (Å²) in [4.78, 5) is 19.9. The molecular formula is C7H13O5P. The van der Waals surface area contributed by atoms with Gasteiger partial charge in [-0.2, -0.15) is 0 Å². The van der Waals surface area contributed by atoms with E-state index in [1.54, 1.807) is 6.92 Å². The first kappa shape index (κ1) is 12.4. The van der Waals surface area contributed by atoms with E-state index in [4.69, 9.17) is 4.89 Å². The molecule has 5 nitrogen and oxygen atoms in total. The Balaban J connectivity index is 4.28. The zero-order valence-electron chi connectivity index (χ0n) is 7.81. The molecule has 0 aliphatic carbocycles. The summed E-state index contributed by atoms with van der Waals surface area (Å²) in [6, 6.07) is 0. The molecule has 0 fully saturated rings. The number of allylic oxidation sites excluding steroid dienone is 1. The first-order valence-corrected chi connectivity index (χ1v) is 5.26. The van der Waals surface area contributed by atoms with E-state index in [0.29, 0.717) is 0 Å². The Bertz CT molecular complexity index is 258. The minimum absolute atomic E-state index is 0.00987. The van der Waals surface area contributed by atoms with Crippen molar-refractivity contribution in [2.45, 2.75) is 20.8 Å². The predicted octanol–water partition coefficient (Wildman–Crippen LogP) is 1.63. The quantitative estimate of drug-likeness (QED) is 0.561. The molecule has 1 unspecified atom stereocenters. The van der Waals surface area contributed by atoms with Crippen LogP contribution in [-0.4, -0.2) is 17.5 Å². The molecule has 0 heterocycles. The maximum atomic E-state index is 11.0. The summed E-state index contributed by atoms with van der Waals surface area (Å²) in [6.45, 7) is 4.64. The monoisotopic (exact) mass is 208 g/mol. The fourth-order valence-electron chi connectivity index (χ4n) is 0.484. The van der Waals surface area contributed by atoms with E-state index in [1.807, 2.05) is 0 Å². The third-order valence-electron chi connectivity index (χ3n) is 1.25. The van der Waals surface area contributed by atoms with Crippen LogP contribution in [0.1, 0.15) is 20.8 Å². The molecule has 0 rings (SSSR count). The molecule has 76 valence electrons. The number of carbonyl (C=O) groups excluding carboxylic acids is 1. The molecule has 13 heavy (non-hydrogen) atoms. The van der Waals surface area contributed by atoms with Crippen LogP contribution < -0.4 is 0 Å². The van der Waals surface area contributed by atoms with Crippen molar-refractivity contribution in [3.63, 3.8) is 0 Å². The molecule has 0 aliphatic heterocycles. The lowest BCUT2D eigenvalue weighted by Crippen LogP contribution is -2.05. The number of carbonyl (C=O) groups is 1. The minimum Gasteiger partial charge on any atom is -0.367 e. The Morgan fingerprint density at radius 2 is 2.15 bits per heavy atom. The molecule has 0 amide bonds. The number of phosphoric acid groups is 1. The van der Waals surface area contributed by atoms with Crippen LogP contribution in [0, 0.1) is 0 Å². The van der Waals surface area contributed by atoms with Crippen LogP contribution in [0.25, 0.3) is 0 Å². The fourth-order valence-corrected chi connectivity index (χ4v) is 1.22. The lowest BCUT2D eigenvalue weighted by Gasteiger charge is -2.09. The second-order valence-electron chi connectivity index (χ2n) is 2.24. The highest BCUT2D eigenvalue weighted by Crippen LogP contribution is 2.43. The Labute approximate surface area is 77.0 Å². The standard InChI is InChI=1S/C7H13O5P/c1-4-6(3)7(8)12-13(9,10)11-5-2/h4H,5H2,1-3H3,(H,9,10). The molecule has 0 aliphatic rings. The third kappa shape index (κ3) is 4.83. The van der Waals surface area contributed by atoms with Crippen LogP contribution in [0.4, 0.5) is 0 Å². The fraction of sp³-hybridized carbons (Fsp3) is 0.571. The van der Waals surface area contributed by atoms with Gasteiger partial charge in [-0.05, 0) is 20.8 Å². The zero-order valence-corrected chi connectivity index (χ0v) is 8.71. The number of phosphoric ester groups is 1. The smallest absolute Gasteiger partial charge is 0.367 e. The van der Waals surface area contributed by atoms with Gasteiger partial charge in [-0.25, -0.2) is 9.36 Å². The van der Waals surface area contributed by atoms with E-state index in [2.05, 4.69) is 9.05 Å². The normalized spacial score (nSPS) is 16.5. The van der Waals surface area contributed by atoms with Crippen LogP contribution in [-0.2, 0) is 18.4 Å². The molecule has 0 aromatic carbocycles. The van der Waals surface area contributed by atoms with Crippen LogP contribution >= 0.6 is 7.82 Å². The zero-order chi connectivity index (χ0) is 10.5. The van der Waals surface area contributed by atoms with Crippen molar-refractivity contribution >= 4 is 13.8 Å². The minimum atomic E-state index is -4.21. The maximum absolute atomic E-state index is 11.0. The Hall–Kier alpha value is -0.640. The van der Waals surface area contributed by atoms with Crippen molar-refractivity contribution in [3.8, 4) is 0 Å². The van der Waals surface area contributed by atoms with E-state index in [1.165, 1.54) is 19.9 Å². The summed E-state index contributed by atoms with van der Waals surface area (Å²) in [5.41, 5.74) is 0.258. The van der Waals surface area contributed by atoms with E-state index >= 15 is 0 Å². The topological polar surface area (TPSA) is 72.8 Å². The first-order chi connectivity index (χ1) is 5.93. The van der Waals surface area contributed by atoms with Gasteiger partial charge in [0.25, 0.3) is 0 Å². The highest BCUT2D eigenvalue weighted by molar-refractivity contribution is 7.48. The van der Waals surface area contributed by atoms with Crippen molar-refractivity contribution in [2.24, 2.45) is 0 Å². The van der Waals surface area contributed by atoms with Gasteiger partial charge in [-0.1, -0.05) is 6.08 Å². The number of hydrogen-bond acceptors (Lipinski definition) is 4. The van der Waals surface area contributed by atoms with Gasteiger partial charge < -0.3 is 4.52 Å². The Morgan fingerprint density at radius 3 is 2.54 bits per heavy atom. The van der Waals surface area contributed by atoms with Gasteiger partial charge in [0.1, 0.15) is 0 Å². The van der Waals surface area contributed by atoms with Gasteiger partial charge in [0.2, 0.25) is 0 Å². The molecule has 0 aromatic heterocycles. The highest BCUT2D eigenvalue weighted by atomic mass is 31.2. The first-order valence-electron chi connectivity index (χ1n) is 3.77. The van der Waals surface area contributed by atoms with Gasteiger partial charge >= 0.3 is 13.8 Å². The number of hydrogen-bond donors (Lipinski definition) is 1. The predicted molar refractivity (Wildman–Crippen MR) is 47.0 cm³/mol. The second-order valence-corrected chi connectivity index (χ2v) is 3.61. The van der Waals surface area contributed by atoms with Crippen LogP contribution in [0.3, 0.4) is 0 Å². The molecule has 0 bridgehead atoms. The van der Waals surface area contributed by atoms with Gasteiger partial charge in [-0.15, -0.1) is 0 Å². The van der Waals surface area contributed by atoms with Crippen molar-refractivity contribution in [1.82, 2.24) is 0 Å². The average molecular weight is 208 g/mol. The number of rotatable bonds is 4. The second kappa shape index (κ2) is 5.17. The van der Waals surface area contributed by atoms with Crippen molar-refractivity contribution in [2.75, 3.05) is 6.61 Å². The average Bonchev–Trinajstić information content (AvgIpc) is 2.01. The Kier molecular flexibility index (Phi) is 4.91. The van der Waals surface area contributed by atoms with E-state index < -0.39 is 13.8 Å². The molecule has 1 atom stereocenters. The molecule has 0 saturated heterocycles. The third-order valence-corrected chi connectivity index (χ3v) is 2.23. The molecule has 6 heteroatoms. The van der Waals surface area contributed by atoms with Crippen LogP contribution in [0.15, 0.2) is 11.6 Å². The molecular weight excluding hydrogens is 195 g/mol. The van der Waals surface area contributed by atoms with Crippen LogP contribution in [0.5, 0.6) is 0 Å². The van der Waals surface area contributed by atoms with Crippen molar-refractivity contribution in [3.05, 3.63) is 11.6 Å². The van der Waals surface area contributed by atoms with E-state index in [0.717, 1.165) is 0 Å². The Morgan fingerprint density at radius 1 is 1.62 bits per heavy atom. The maximum Gasteiger partial charge on any atom is 0.529 e. The van der Waals surface area contributed by atoms with Gasteiger partial charge in [0, 0.05) is 5.57 Å². The SMILES string of the molecule is CC=C(C)C(=O)OP(=O)(O)OCC. The van der Waals surface area contributed by atoms with Crippen molar-refractivity contribution < 1.29 is 23.3 Å². The van der Waals surface area contributed by atoms with Crippen molar-refractivity contribution in [1.29, 1.82) is 0 Å². The molecule has 0 spiro atoms. The summed E-state index contributed by atoms with van der Waals surface area (Å²) >= 11 is 0. The summed E-state index contributed by atoms with van der Waals surface area (Å²) in [7, 11) is -4.21. The van der Waals surface area contributed by atoms with Gasteiger partial charge in [0.05, 0.1) is 6.61 Å². The summed E-state index contributed by atoms with van der Waals surface area (Å²) < 4.78 is 19.5.